The molecule has 1 unspecified atom stereocenters. The molecule has 1 amide bonds. The predicted molar refractivity (Wildman–Crippen MR) is 115 cm³/mol. The van der Waals surface area contributed by atoms with Crippen molar-refractivity contribution < 1.29 is 27.5 Å². The predicted octanol–water partition coefficient (Wildman–Crippen LogP) is 3.69. The van der Waals surface area contributed by atoms with Crippen LogP contribution in [0.2, 0.25) is 0 Å². The van der Waals surface area contributed by atoms with E-state index in [4.69, 9.17) is 0 Å². The van der Waals surface area contributed by atoms with E-state index in [0.29, 0.717) is 17.6 Å². The van der Waals surface area contributed by atoms with Crippen LogP contribution in [0.3, 0.4) is 0 Å². The van der Waals surface area contributed by atoms with E-state index in [2.05, 4.69) is 9.97 Å². The quantitative estimate of drug-likeness (QED) is 0.543. The Balaban J connectivity index is 1.39. The monoisotopic (exact) mass is 493 g/mol. The minimum atomic E-state index is -4.97. The molecule has 0 saturated heterocycles. The van der Waals surface area contributed by atoms with Crippen LogP contribution in [0, 0.1) is 5.82 Å². The number of carbonyl (C=O) groups is 1. The van der Waals surface area contributed by atoms with Crippen LogP contribution in [-0.2, 0) is 29.4 Å². The molecule has 1 atom stereocenters. The van der Waals surface area contributed by atoms with Gasteiger partial charge in [0.2, 0.25) is 0 Å². The maximum absolute atomic E-state index is 14.4. The van der Waals surface area contributed by atoms with Gasteiger partial charge in [0.15, 0.2) is 6.10 Å². The number of hydrogen-bond donors (Lipinski definition) is 2. The van der Waals surface area contributed by atoms with Crippen LogP contribution in [0.4, 0.5) is 17.6 Å². The number of amides is 1. The molecule has 0 spiro atoms. The van der Waals surface area contributed by atoms with Crippen LogP contribution < -0.4 is 5.56 Å². The fourth-order valence-electron chi connectivity index (χ4n) is 4.40. The summed E-state index contributed by atoms with van der Waals surface area (Å²) < 4.78 is 53.4. The van der Waals surface area contributed by atoms with E-state index in [1.807, 2.05) is 17.5 Å². The lowest BCUT2D eigenvalue weighted by molar-refractivity contribution is -0.143. The van der Waals surface area contributed by atoms with Gasteiger partial charge in [-0.15, -0.1) is 11.3 Å². The first-order valence-electron chi connectivity index (χ1n) is 10.6. The van der Waals surface area contributed by atoms with E-state index < -0.39 is 40.7 Å². The Morgan fingerprint density at radius 3 is 2.65 bits per heavy atom. The average molecular weight is 493 g/mol. The standard InChI is InChI=1S/C23H19F4N3O3S/c24-17-12(3-1-4-14(17)23(25,26)27)18(31)20(33)30-9-6-15-13(11-30)19(32)29-21(28-15)22(7-8-22)16-5-2-10-34-16/h1-5,10,18,31H,6-9,11H2,(H,28,29,32). The molecule has 2 aromatic heterocycles. The van der Waals surface area contributed by atoms with Gasteiger partial charge in [0.1, 0.15) is 11.6 Å². The van der Waals surface area contributed by atoms with E-state index in [0.717, 1.165) is 34.8 Å². The first kappa shape index (κ1) is 22.7. The lowest BCUT2D eigenvalue weighted by atomic mass is 10.00. The third-order valence-electron chi connectivity index (χ3n) is 6.44. The Bertz CT molecular complexity index is 1320. The summed E-state index contributed by atoms with van der Waals surface area (Å²) in [6.45, 7) is -0.0915. The number of benzene rings is 1. The highest BCUT2D eigenvalue weighted by atomic mass is 32.1. The minimum absolute atomic E-state index is 0.0887. The zero-order valence-electron chi connectivity index (χ0n) is 17.7. The van der Waals surface area contributed by atoms with E-state index in [9.17, 15) is 32.3 Å². The molecule has 2 aliphatic rings. The number of nitrogens with one attached hydrogen (secondary N) is 1. The van der Waals surface area contributed by atoms with E-state index in [1.54, 1.807) is 11.3 Å². The van der Waals surface area contributed by atoms with Crippen LogP contribution in [0.1, 0.15) is 52.0 Å². The summed E-state index contributed by atoms with van der Waals surface area (Å²) in [7, 11) is 0. The van der Waals surface area contributed by atoms with Crippen molar-refractivity contribution in [1.82, 2.24) is 14.9 Å². The lowest BCUT2D eigenvalue weighted by Gasteiger charge is -2.30. The van der Waals surface area contributed by atoms with Gasteiger partial charge in [0, 0.05) is 23.4 Å². The zero-order chi connectivity index (χ0) is 24.3. The van der Waals surface area contributed by atoms with E-state index in [1.165, 1.54) is 0 Å². The fourth-order valence-corrected chi connectivity index (χ4v) is 5.39. The maximum Gasteiger partial charge on any atom is 0.419 e. The van der Waals surface area contributed by atoms with Crippen molar-refractivity contribution in [3.05, 3.63) is 85.0 Å². The number of hydrogen-bond acceptors (Lipinski definition) is 5. The number of fused-ring (bicyclic) bond motifs is 1. The number of thiophene rings is 1. The molecule has 1 aromatic carbocycles. The Kier molecular flexibility index (Phi) is 5.36. The molecule has 1 fully saturated rings. The molecule has 3 aromatic rings. The Morgan fingerprint density at radius 2 is 2.00 bits per heavy atom. The summed E-state index contributed by atoms with van der Waals surface area (Å²) in [6.07, 6.45) is -5.13. The number of aliphatic hydroxyl groups is 1. The topological polar surface area (TPSA) is 86.3 Å². The van der Waals surface area contributed by atoms with Gasteiger partial charge in [0.25, 0.3) is 11.5 Å². The number of halogens is 4. The van der Waals surface area contributed by atoms with Crippen molar-refractivity contribution in [2.75, 3.05) is 6.54 Å². The number of aromatic nitrogens is 2. The number of H-pyrrole nitrogens is 1. The summed E-state index contributed by atoms with van der Waals surface area (Å²) in [6, 6.07) is 6.36. The number of carbonyl (C=O) groups excluding carboxylic acids is 1. The van der Waals surface area contributed by atoms with Gasteiger partial charge in [-0.2, -0.15) is 13.2 Å². The van der Waals surface area contributed by atoms with Crippen molar-refractivity contribution >= 4 is 17.2 Å². The second kappa shape index (κ2) is 8.02. The molecule has 178 valence electrons. The molecule has 3 heterocycles. The number of aliphatic hydroxyl groups excluding tert-OH is 1. The second-order valence-electron chi connectivity index (χ2n) is 8.52. The molecule has 6 nitrogen and oxygen atoms in total. The molecule has 5 rings (SSSR count). The van der Waals surface area contributed by atoms with E-state index >= 15 is 0 Å². The Hall–Kier alpha value is -3.05. The molecule has 34 heavy (non-hydrogen) atoms. The van der Waals surface area contributed by atoms with Crippen LogP contribution in [-0.4, -0.2) is 32.4 Å². The summed E-state index contributed by atoms with van der Waals surface area (Å²) in [5, 5.41) is 12.4. The first-order chi connectivity index (χ1) is 16.1. The molecular formula is C23H19F4N3O3S. The number of aromatic amines is 1. The summed E-state index contributed by atoms with van der Waals surface area (Å²) in [5.74, 6) is -2.09. The summed E-state index contributed by atoms with van der Waals surface area (Å²) >= 11 is 1.60. The molecule has 11 heteroatoms. The van der Waals surface area contributed by atoms with Crippen molar-refractivity contribution in [2.24, 2.45) is 0 Å². The van der Waals surface area contributed by atoms with Crippen LogP contribution >= 0.6 is 11.3 Å². The summed E-state index contributed by atoms with van der Waals surface area (Å²) in [5.41, 5.74) is -2.23. The van der Waals surface area contributed by atoms with Crippen LogP contribution in [0.5, 0.6) is 0 Å². The van der Waals surface area contributed by atoms with Gasteiger partial charge in [0.05, 0.1) is 28.8 Å². The van der Waals surface area contributed by atoms with Crippen LogP contribution in [0.15, 0.2) is 40.5 Å². The van der Waals surface area contributed by atoms with Gasteiger partial charge in [-0.1, -0.05) is 18.2 Å². The summed E-state index contributed by atoms with van der Waals surface area (Å²) in [4.78, 5) is 35.5. The van der Waals surface area contributed by atoms with Gasteiger partial charge in [-0.25, -0.2) is 9.37 Å². The van der Waals surface area contributed by atoms with Crippen molar-refractivity contribution in [3.63, 3.8) is 0 Å². The van der Waals surface area contributed by atoms with Gasteiger partial charge in [-0.05, 0) is 30.4 Å². The smallest absolute Gasteiger partial charge is 0.378 e. The molecule has 1 saturated carbocycles. The number of alkyl halides is 3. The highest BCUT2D eigenvalue weighted by Gasteiger charge is 2.49. The minimum Gasteiger partial charge on any atom is -0.378 e. The third-order valence-corrected chi connectivity index (χ3v) is 7.51. The second-order valence-corrected chi connectivity index (χ2v) is 9.47. The van der Waals surface area contributed by atoms with Gasteiger partial charge >= 0.3 is 6.18 Å². The first-order valence-corrected chi connectivity index (χ1v) is 11.5. The molecule has 0 bridgehead atoms. The van der Waals surface area contributed by atoms with Crippen molar-refractivity contribution in [3.8, 4) is 0 Å². The fraction of sp³-hybridized carbons (Fsp3) is 0.348. The number of nitrogens with zero attached hydrogens (tertiary/aromatic N) is 2. The van der Waals surface area contributed by atoms with Gasteiger partial charge in [-0.3, -0.25) is 9.59 Å². The Labute approximate surface area is 194 Å². The Morgan fingerprint density at radius 1 is 1.24 bits per heavy atom. The zero-order valence-corrected chi connectivity index (χ0v) is 18.5. The lowest BCUT2D eigenvalue weighted by Crippen LogP contribution is -2.42. The highest BCUT2D eigenvalue weighted by molar-refractivity contribution is 7.10. The molecule has 2 N–H and O–H groups in total. The molecule has 1 aliphatic carbocycles. The van der Waals surface area contributed by atoms with Crippen LogP contribution in [0.25, 0.3) is 0 Å². The number of rotatable bonds is 4. The molecule has 1 aliphatic heterocycles. The maximum atomic E-state index is 14.4. The molecular weight excluding hydrogens is 474 g/mol. The van der Waals surface area contributed by atoms with Crippen molar-refractivity contribution in [2.45, 2.75) is 43.5 Å². The normalized spacial score (nSPS) is 17.9. The van der Waals surface area contributed by atoms with Crippen molar-refractivity contribution in [1.29, 1.82) is 0 Å². The third kappa shape index (κ3) is 3.72. The molecule has 0 radical (unpaired) electrons. The SMILES string of the molecule is O=C(C(O)c1cccc(C(F)(F)F)c1F)N1CCc2nc(C3(c4cccs4)CC3)[nH]c(=O)c2C1. The average Bonchev–Trinajstić information content (AvgIpc) is 3.43. The van der Waals surface area contributed by atoms with E-state index in [-0.39, 0.29) is 30.5 Å². The largest absolute Gasteiger partial charge is 0.419 e. The highest BCUT2D eigenvalue weighted by Crippen LogP contribution is 2.53. The van der Waals surface area contributed by atoms with Gasteiger partial charge < -0.3 is 15.0 Å².